The van der Waals surface area contributed by atoms with E-state index in [0.717, 1.165) is 13.1 Å². The van der Waals surface area contributed by atoms with Gasteiger partial charge in [0.25, 0.3) is 5.91 Å². The molecule has 1 atom stereocenters. The van der Waals surface area contributed by atoms with Crippen molar-refractivity contribution in [1.29, 1.82) is 0 Å². The number of carbonyl (C=O) groups is 1. The highest BCUT2D eigenvalue weighted by Crippen LogP contribution is 2.24. The van der Waals surface area contributed by atoms with Crippen LogP contribution >= 0.6 is 20.8 Å². The zero-order valence-corrected chi connectivity index (χ0v) is 12.7. The van der Waals surface area contributed by atoms with E-state index in [9.17, 15) is 9.18 Å². The lowest BCUT2D eigenvalue weighted by Gasteiger charge is -2.35. The Morgan fingerprint density at radius 3 is 2.80 bits per heavy atom. The second-order valence-electron chi connectivity index (χ2n) is 4.96. The molecule has 0 aliphatic carbocycles. The Morgan fingerprint density at radius 2 is 2.20 bits per heavy atom. The van der Waals surface area contributed by atoms with Crippen molar-refractivity contribution in [2.75, 3.05) is 20.1 Å². The lowest BCUT2D eigenvalue weighted by Crippen LogP contribution is -2.57. The standard InChI is InChI=1S/C13H14ClFN3OP/c1-18(7-4-16-5-7)13(19)9-3-6-2-8(14)12(20)10(15)11(6)17-9/h2-3,7,16-17H,4-5,20H2,1H3. The first kappa shape index (κ1) is 13.8. The molecule has 1 aliphatic heterocycles. The van der Waals surface area contributed by atoms with Crippen LogP contribution in [0.3, 0.4) is 0 Å². The first-order valence-corrected chi connectivity index (χ1v) is 7.18. The summed E-state index contributed by atoms with van der Waals surface area (Å²) in [6.45, 7) is 1.58. The van der Waals surface area contributed by atoms with Crippen LogP contribution in [0.4, 0.5) is 4.39 Å². The number of likely N-dealkylation sites (N-methyl/N-ethyl adjacent to an activating group) is 1. The Labute approximate surface area is 122 Å². The molecule has 1 aromatic heterocycles. The van der Waals surface area contributed by atoms with Gasteiger partial charge in [-0.2, -0.15) is 0 Å². The molecule has 1 saturated heterocycles. The van der Waals surface area contributed by atoms with Gasteiger partial charge in [0.2, 0.25) is 0 Å². The molecule has 1 aromatic carbocycles. The zero-order valence-electron chi connectivity index (χ0n) is 10.8. The Bertz CT molecular complexity index is 698. The number of aromatic amines is 1. The van der Waals surface area contributed by atoms with E-state index in [2.05, 4.69) is 19.5 Å². The van der Waals surface area contributed by atoms with Gasteiger partial charge < -0.3 is 15.2 Å². The number of aromatic nitrogens is 1. The topological polar surface area (TPSA) is 48.1 Å². The number of nitrogens with zero attached hydrogens (tertiary/aromatic N) is 1. The number of benzene rings is 1. The maximum atomic E-state index is 14.1. The molecule has 2 aromatic rings. The third kappa shape index (κ3) is 2.10. The van der Waals surface area contributed by atoms with Crippen molar-refractivity contribution in [2.45, 2.75) is 6.04 Å². The molecule has 4 nitrogen and oxygen atoms in total. The summed E-state index contributed by atoms with van der Waals surface area (Å²) in [6, 6.07) is 3.49. The van der Waals surface area contributed by atoms with E-state index in [4.69, 9.17) is 11.6 Å². The van der Waals surface area contributed by atoms with Gasteiger partial charge in [-0.25, -0.2) is 4.39 Å². The maximum absolute atomic E-state index is 14.1. The Kier molecular flexibility index (Phi) is 3.44. The van der Waals surface area contributed by atoms with Crippen LogP contribution in [-0.2, 0) is 0 Å². The summed E-state index contributed by atoms with van der Waals surface area (Å²) >= 11 is 5.95. The van der Waals surface area contributed by atoms with Gasteiger partial charge in [-0.1, -0.05) is 11.6 Å². The average Bonchev–Trinajstić information content (AvgIpc) is 2.77. The Morgan fingerprint density at radius 1 is 1.50 bits per heavy atom. The number of halogens is 2. The van der Waals surface area contributed by atoms with Crippen LogP contribution in [0.2, 0.25) is 5.02 Å². The molecule has 2 heterocycles. The van der Waals surface area contributed by atoms with E-state index in [1.165, 1.54) is 0 Å². The molecule has 3 rings (SSSR count). The maximum Gasteiger partial charge on any atom is 0.270 e. The van der Waals surface area contributed by atoms with Crippen LogP contribution in [-0.4, -0.2) is 42.0 Å². The number of rotatable bonds is 2. The predicted octanol–water partition coefficient (Wildman–Crippen LogP) is 1.50. The van der Waals surface area contributed by atoms with Crippen molar-refractivity contribution in [2.24, 2.45) is 0 Å². The SMILES string of the molecule is CN(C(=O)c1cc2cc(Cl)c(P)c(F)c2[nH]1)C1CNC1. The van der Waals surface area contributed by atoms with Gasteiger partial charge in [-0.15, -0.1) is 9.24 Å². The van der Waals surface area contributed by atoms with Crippen molar-refractivity contribution < 1.29 is 9.18 Å². The predicted molar refractivity (Wildman–Crippen MR) is 81.4 cm³/mol. The lowest BCUT2D eigenvalue weighted by molar-refractivity contribution is 0.0676. The van der Waals surface area contributed by atoms with Crippen LogP contribution in [0, 0.1) is 5.82 Å². The largest absolute Gasteiger partial charge is 0.348 e. The Hall–Kier alpha value is -1.16. The van der Waals surface area contributed by atoms with Crippen molar-refractivity contribution >= 4 is 43.0 Å². The molecule has 106 valence electrons. The van der Waals surface area contributed by atoms with Crippen LogP contribution in [0.5, 0.6) is 0 Å². The number of H-pyrrole nitrogens is 1. The molecule has 0 radical (unpaired) electrons. The van der Waals surface area contributed by atoms with Crippen molar-refractivity contribution in [3.05, 3.63) is 28.7 Å². The van der Waals surface area contributed by atoms with E-state index in [1.54, 1.807) is 24.1 Å². The lowest BCUT2D eigenvalue weighted by atomic mass is 10.1. The zero-order chi connectivity index (χ0) is 14.4. The van der Waals surface area contributed by atoms with Crippen LogP contribution in [0.15, 0.2) is 12.1 Å². The highest BCUT2D eigenvalue weighted by atomic mass is 35.5. The smallest absolute Gasteiger partial charge is 0.270 e. The van der Waals surface area contributed by atoms with Gasteiger partial charge in [0.05, 0.1) is 16.6 Å². The summed E-state index contributed by atoms with van der Waals surface area (Å²) in [6.07, 6.45) is 0. The third-order valence-electron chi connectivity index (χ3n) is 3.70. The summed E-state index contributed by atoms with van der Waals surface area (Å²) in [4.78, 5) is 16.9. The molecule has 2 N–H and O–H groups in total. The van der Waals surface area contributed by atoms with Crippen molar-refractivity contribution in [3.63, 3.8) is 0 Å². The fraction of sp³-hybridized carbons (Fsp3) is 0.308. The minimum absolute atomic E-state index is 0.145. The number of fused-ring (bicyclic) bond motifs is 1. The minimum atomic E-state index is -0.440. The minimum Gasteiger partial charge on any atom is -0.348 e. The molecule has 1 fully saturated rings. The van der Waals surface area contributed by atoms with Gasteiger partial charge in [0.15, 0.2) is 5.82 Å². The molecular weight excluding hydrogens is 300 g/mol. The van der Waals surface area contributed by atoms with Gasteiger partial charge in [-0.3, -0.25) is 4.79 Å². The summed E-state index contributed by atoms with van der Waals surface area (Å²) in [5.74, 6) is -0.585. The number of hydrogen-bond donors (Lipinski definition) is 2. The van der Waals surface area contributed by atoms with Crippen molar-refractivity contribution in [3.8, 4) is 0 Å². The molecule has 20 heavy (non-hydrogen) atoms. The second kappa shape index (κ2) is 4.99. The third-order valence-corrected chi connectivity index (χ3v) is 4.76. The van der Waals surface area contributed by atoms with E-state index < -0.39 is 5.82 Å². The second-order valence-corrected chi connectivity index (χ2v) is 5.95. The fourth-order valence-electron chi connectivity index (χ4n) is 2.24. The molecule has 7 heteroatoms. The highest BCUT2D eigenvalue weighted by molar-refractivity contribution is 7.28. The van der Waals surface area contributed by atoms with Gasteiger partial charge in [0, 0.05) is 30.8 Å². The molecule has 1 aliphatic rings. The van der Waals surface area contributed by atoms with Gasteiger partial charge >= 0.3 is 0 Å². The first-order chi connectivity index (χ1) is 9.49. The average molecular weight is 314 g/mol. The monoisotopic (exact) mass is 313 g/mol. The van der Waals surface area contributed by atoms with E-state index >= 15 is 0 Å². The molecule has 0 bridgehead atoms. The summed E-state index contributed by atoms with van der Waals surface area (Å²) < 4.78 is 14.1. The highest BCUT2D eigenvalue weighted by Gasteiger charge is 2.27. The van der Waals surface area contributed by atoms with Crippen LogP contribution in [0.1, 0.15) is 10.5 Å². The Balaban J connectivity index is 2.00. The van der Waals surface area contributed by atoms with E-state index in [1.807, 2.05) is 0 Å². The quantitative estimate of drug-likeness (QED) is 0.826. The normalized spacial score (nSPS) is 15.4. The molecule has 1 unspecified atom stereocenters. The molecular formula is C13H14ClFN3OP. The number of hydrogen-bond acceptors (Lipinski definition) is 2. The van der Waals surface area contributed by atoms with Crippen LogP contribution < -0.4 is 10.6 Å². The molecule has 0 spiro atoms. The van der Waals surface area contributed by atoms with Gasteiger partial charge in [-0.05, 0) is 12.1 Å². The number of nitrogens with one attached hydrogen (secondary N) is 2. The first-order valence-electron chi connectivity index (χ1n) is 6.23. The summed E-state index contributed by atoms with van der Waals surface area (Å²) in [5, 5.41) is 4.34. The molecule has 1 amide bonds. The molecule has 0 saturated carbocycles. The number of amides is 1. The van der Waals surface area contributed by atoms with E-state index in [-0.39, 0.29) is 11.9 Å². The van der Waals surface area contributed by atoms with Crippen LogP contribution in [0.25, 0.3) is 10.9 Å². The van der Waals surface area contributed by atoms with Gasteiger partial charge in [0.1, 0.15) is 5.69 Å². The summed E-state index contributed by atoms with van der Waals surface area (Å²) in [5.41, 5.74) is 0.683. The summed E-state index contributed by atoms with van der Waals surface area (Å²) in [7, 11) is 4.02. The number of carbonyl (C=O) groups excluding carboxylic acids is 1. The van der Waals surface area contributed by atoms with Crippen molar-refractivity contribution in [1.82, 2.24) is 15.2 Å². The fourth-order valence-corrected chi connectivity index (χ4v) is 2.67. The van der Waals surface area contributed by atoms with E-state index in [0.29, 0.717) is 26.9 Å².